The van der Waals surface area contributed by atoms with Gasteiger partial charge in [0.2, 0.25) is 0 Å². The van der Waals surface area contributed by atoms with Crippen LogP contribution < -0.4 is 10.1 Å². The van der Waals surface area contributed by atoms with E-state index in [0.29, 0.717) is 24.4 Å². The van der Waals surface area contributed by atoms with Crippen molar-refractivity contribution in [2.45, 2.75) is 26.0 Å². The Kier molecular flexibility index (Phi) is 4.63. The van der Waals surface area contributed by atoms with Gasteiger partial charge in [0.1, 0.15) is 5.75 Å². The Hall–Kier alpha value is -1.66. The smallest absolute Gasteiger partial charge is 0.270 e. The lowest BCUT2D eigenvalue weighted by Crippen LogP contribution is -2.34. The predicted molar refractivity (Wildman–Crippen MR) is 67.7 cm³/mol. The molecule has 0 saturated carbocycles. The van der Waals surface area contributed by atoms with Gasteiger partial charge in [-0.3, -0.25) is 10.1 Å². The molecule has 0 atom stereocenters. The van der Waals surface area contributed by atoms with Crippen molar-refractivity contribution in [1.82, 2.24) is 5.32 Å². The number of aliphatic hydroxyl groups is 1. The first-order chi connectivity index (χ1) is 8.33. The Morgan fingerprint density at radius 1 is 1.50 bits per heavy atom. The molecule has 0 spiro atoms. The number of nitrogens with zero attached hydrogens (tertiary/aromatic N) is 1. The van der Waals surface area contributed by atoms with Crippen molar-refractivity contribution in [1.29, 1.82) is 0 Å². The third kappa shape index (κ3) is 4.31. The number of methoxy groups -OCH3 is 1. The van der Waals surface area contributed by atoms with E-state index in [9.17, 15) is 15.2 Å². The number of hydrogen-bond donors (Lipinski definition) is 2. The van der Waals surface area contributed by atoms with Gasteiger partial charge in [-0.25, -0.2) is 0 Å². The number of nitro benzene ring substituents is 1. The number of ether oxygens (including phenoxy) is 1. The van der Waals surface area contributed by atoms with Crippen molar-refractivity contribution >= 4 is 5.69 Å². The third-order valence-corrected chi connectivity index (χ3v) is 2.35. The molecule has 0 heterocycles. The molecule has 0 aliphatic heterocycles. The molecule has 0 aromatic heterocycles. The van der Waals surface area contributed by atoms with E-state index >= 15 is 0 Å². The predicted octanol–water partition coefficient (Wildman–Crippen LogP) is 1.46. The molecule has 0 saturated heterocycles. The van der Waals surface area contributed by atoms with Gasteiger partial charge >= 0.3 is 0 Å². The third-order valence-electron chi connectivity index (χ3n) is 2.35. The normalized spacial score (nSPS) is 11.3. The molecule has 0 amide bonds. The van der Waals surface area contributed by atoms with Gasteiger partial charge in [-0.15, -0.1) is 0 Å². The van der Waals surface area contributed by atoms with Crippen LogP contribution in [0.2, 0.25) is 0 Å². The standard InChI is InChI=1S/C12H18N2O4/c1-12(2,15)8-13-7-9-6-10(14(16)17)4-5-11(9)18-3/h4-6,13,15H,7-8H2,1-3H3. The fourth-order valence-electron chi connectivity index (χ4n) is 1.52. The second-order valence-electron chi connectivity index (χ2n) is 4.67. The van der Waals surface area contributed by atoms with E-state index in [0.717, 1.165) is 0 Å². The van der Waals surface area contributed by atoms with E-state index in [-0.39, 0.29) is 5.69 Å². The molecule has 0 fully saturated rings. The molecule has 2 N–H and O–H groups in total. The van der Waals surface area contributed by atoms with Gasteiger partial charge in [-0.2, -0.15) is 0 Å². The zero-order valence-corrected chi connectivity index (χ0v) is 10.8. The maximum atomic E-state index is 10.7. The highest BCUT2D eigenvalue weighted by atomic mass is 16.6. The summed E-state index contributed by atoms with van der Waals surface area (Å²) in [6.45, 7) is 4.16. The molecular weight excluding hydrogens is 236 g/mol. The molecule has 0 aliphatic carbocycles. The summed E-state index contributed by atoms with van der Waals surface area (Å²) in [6, 6.07) is 4.44. The van der Waals surface area contributed by atoms with Crippen LogP contribution in [0.5, 0.6) is 5.75 Å². The molecule has 100 valence electrons. The van der Waals surface area contributed by atoms with Crippen molar-refractivity contribution in [2.75, 3.05) is 13.7 Å². The van der Waals surface area contributed by atoms with Crippen molar-refractivity contribution in [3.05, 3.63) is 33.9 Å². The first-order valence-electron chi connectivity index (χ1n) is 5.58. The van der Waals surface area contributed by atoms with Crippen LogP contribution in [-0.4, -0.2) is 29.3 Å². The molecule has 1 rings (SSSR count). The van der Waals surface area contributed by atoms with Gasteiger partial charge in [0.25, 0.3) is 5.69 Å². The number of hydrogen-bond acceptors (Lipinski definition) is 5. The zero-order valence-electron chi connectivity index (χ0n) is 10.8. The topological polar surface area (TPSA) is 84.6 Å². The average molecular weight is 254 g/mol. The molecule has 18 heavy (non-hydrogen) atoms. The molecule has 0 unspecified atom stereocenters. The Morgan fingerprint density at radius 2 is 2.17 bits per heavy atom. The van der Waals surface area contributed by atoms with Crippen LogP contribution in [0.1, 0.15) is 19.4 Å². The van der Waals surface area contributed by atoms with Gasteiger partial charge < -0.3 is 15.2 Å². The highest BCUT2D eigenvalue weighted by molar-refractivity contribution is 5.43. The van der Waals surface area contributed by atoms with Gasteiger partial charge in [-0.05, 0) is 19.9 Å². The Bertz CT molecular complexity index is 427. The summed E-state index contributed by atoms with van der Waals surface area (Å²) in [5.41, 5.74) is -0.111. The first kappa shape index (κ1) is 14.4. The van der Waals surface area contributed by atoms with Crippen molar-refractivity contribution in [3.63, 3.8) is 0 Å². The van der Waals surface area contributed by atoms with Crippen molar-refractivity contribution in [2.24, 2.45) is 0 Å². The monoisotopic (exact) mass is 254 g/mol. The second-order valence-corrected chi connectivity index (χ2v) is 4.67. The van der Waals surface area contributed by atoms with Crippen molar-refractivity contribution in [3.8, 4) is 5.75 Å². The van der Waals surface area contributed by atoms with Gasteiger partial charge in [0.15, 0.2) is 0 Å². The summed E-state index contributed by atoms with van der Waals surface area (Å²) in [5.74, 6) is 0.587. The maximum absolute atomic E-state index is 10.7. The quantitative estimate of drug-likeness (QED) is 0.593. The molecule has 6 heteroatoms. The highest BCUT2D eigenvalue weighted by Gasteiger charge is 2.14. The number of non-ortho nitro benzene ring substituents is 1. The van der Waals surface area contributed by atoms with Crippen molar-refractivity contribution < 1.29 is 14.8 Å². The summed E-state index contributed by atoms with van der Waals surface area (Å²) in [6.07, 6.45) is 0. The molecule has 6 nitrogen and oxygen atoms in total. The van der Waals surface area contributed by atoms with Crippen LogP contribution in [0.4, 0.5) is 5.69 Å². The summed E-state index contributed by atoms with van der Waals surface area (Å²) in [4.78, 5) is 10.2. The molecule has 1 aromatic carbocycles. The van der Waals surface area contributed by atoms with E-state index in [1.54, 1.807) is 19.9 Å². The SMILES string of the molecule is COc1ccc([N+](=O)[O-])cc1CNCC(C)(C)O. The van der Waals surface area contributed by atoms with Gasteiger partial charge in [-0.1, -0.05) is 0 Å². The van der Waals surface area contributed by atoms with Crippen LogP contribution in [0.3, 0.4) is 0 Å². The van der Waals surface area contributed by atoms with E-state index in [1.807, 2.05) is 0 Å². The fourth-order valence-corrected chi connectivity index (χ4v) is 1.52. The Labute approximate surface area is 106 Å². The van der Waals surface area contributed by atoms with Crippen LogP contribution in [0.15, 0.2) is 18.2 Å². The van der Waals surface area contributed by atoms with E-state index in [1.165, 1.54) is 19.2 Å². The minimum atomic E-state index is -0.825. The number of nitro groups is 1. The number of rotatable bonds is 6. The van der Waals surface area contributed by atoms with Crippen LogP contribution in [0.25, 0.3) is 0 Å². The summed E-state index contributed by atoms with van der Waals surface area (Å²) in [7, 11) is 1.51. The zero-order chi connectivity index (χ0) is 13.8. The maximum Gasteiger partial charge on any atom is 0.270 e. The molecular formula is C12H18N2O4. The average Bonchev–Trinajstić information content (AvgIpc) is 2.27. The van der Waals surface area contributed by atoms with E-state index in [2.05, 4.69) is 5.32 Å². The second kappa shape index (κ2) is 5.79. The van der Waals surface area contributed by atoms with E-state index < -0.39 is 10.5 Å². The minimum absolute atomic E-state index is 0.0239. The van der Waals surface area contributed by atoms with Crippen LogP contribution in [-0.2, 0) is 6.54 Å². The largest absolute Gasteiger partial charge is 0.496 e. The highest BCUT2D eigenvalue weighted by Crippen LogP contribution is 2.23. The lowest BCUT2D eigenvalue weighted by molar-refractivity contribution is -0.384. The molecule has 0 radical (unpaired) electrons. The summed E-state index contributed by atoms with van der Waals surface area (Å²) < 4.78 is 5.14. The van der Waals surface area contributed by atoms with Gasteiger partial charge in [0.05, 0.1) is 17.6 Å². The summed E-state index contributed by atoms with van der Waals surface area (Å²) >= 11 is 0. The Morgan fingerprint density at radius 3 is 2.67 bits per heavy atom. The molecule has 0 bridgehead atoms. The van der Waals surface area contributed by atoms with E-state index in [4.69, 9.17) is 4.74 Å². The van der Waals surface area contributed by atoms with Gasteiger partial charge in [0, 0.05) is 30.8 Å². The summed E-state index contributed by atoms with van der Waals surface area (Å²) in [5, 5.41) is 23.3. The lowest BCUT2D eigenvalue weighted by Gasteiger charge is -2.18. The number of nitrogens with one attached hydrogen (secondary N) is 1. The first-order valence-corrected chi connectivity index (χ1v) is 5.58. The number of benzene rings is 1. The fraction of sp³-hybridized carbons (Fsp3) is 0.500. The molecule has 1 aromatic rings. The Balaban J connectivity index is 2.78. The lowest BCUT2D eigenvalue weighted by atomic mass is 10.1. The minimum Gasteiger partial charge on any atom is -0.496 e. The van der Waals surface area contributed by atoms with Crippen LogP contribution >= 0.6 is 0 Å². The molecule has 0 aliphatic rings. The van der Waals surface area contributed by atoms with Crippen LogP contribution in [0, 0.1) is 10.1 Å².